The van der Waals surface area contributed by atoms with E-state index in [2.05, 4.69) is 20.6 Å². The molecule has 0 aliphatic heterocycles. The van der Waals surface area contributed by atoms with E-state index in [1.165, 1.54) is 0 Å². The van der Waals surface area contributed by atoms with Crippen LogP contribution in [0.3, 0.4) is 0 Å². The van der Waals surface area contributed by atoms with Gasteiger partial charge in [-0.25, -0.2) is 10.2 Å². The average molecular weight is 189 g/mol. The summed E-state index contributed by atoms with van der Waals surface area (Å²) >= 11 is 0. The largest absolute Gasteiger partial charge is 0.240 e. The van der Waals surface area contributed by atoms with Gasteiger partial charge in [0.1, 0.15) is 0 Å². The van der Waals surface area contributed by atoms with Crippen LogP contribution in [0, 0.1) is 0 Å². The third kappa shape index (κ3) is 1.94. The van der Waals surface area contributed by atoms with Crippen LogP contribution >= 0.6 is 0 Å². The van der Waals surface area contributed by atoms with E-state index in [9.17, 15) is 5.11 Å². The topological polar surface area (TPSA) is 74.4 Å². The second-order valence-corrected chi connectivity index (χ2v) is 2.96. The van der Waals surface area contributed by atoms with Crippen molar-refractivity contribution in [1.29, 1.82) is 0 Å². The Labute approximate surface area is 80.8 Å². The van der Waals surface area contributed by atoms with Crippen LogP contribution in [-0.2, 0) is 11.5 Å². The van der Waals surface area contributed by atoms with Crippen molar-refractivity contribution in [1.82, 2.24) is 20.6 Å². The first-order valence-electron chi connectivity index (χ1n) is 4.29. The number of aromatic amines is 1. The predicted molar refractivity (Wildman–Crippen MR) is 47.8 cm³/mol. The van der Waals surface area contributed by atoms with Gasteiger partial charge in [-0.2, -0.15) is 0 Å². The van der Waals surface area contributed by atoms with Gasteiger partial charge in [0, 0.05) is 6.42 Å². The monoisotopic (exact) mass is 189 g/mol. The summed E-state index contributed by atoms with van der Waals surface area (Å²) in [5.41, 5.74) is 0.990. The SMILES string of the molecule is [O]C(Cc1ccccc1)c1nnn[nH]1. The van der Waals surface area contributed by atoms with E-state index in [4.69, 9.17) is 0 Å². The first-order valence-corrected chi connectivity index (χ1v) is 4.29. The number of hydrogen-bond acceptors (Lipinski definition) is 3. The van der Waals surface area contributed by atoms with Crippen LogP contribution in [0.25, 0.3) is 0 Å². The third-order valence-electron chi connectivity index (χ3n) is 1.93. The smallest absolute Gasteiger partial charge is 0.181 e. The Hall–Kier alpha value is -1.75. The molecule has 0 aliphatic carbocycles. The zero-order chi connectivity index (χ0) is 9.80. The standard InChI is InChI=1S/C9H9N4O/c14-8(9-10-12-13-11-9)6-7-4-2-1-3-5-7/h1-5,8H,6H2,(H,10,11,12,13). The van der Waals surface area contributed by atoms with Gasteiger partial charge >= 0.3 is 0 Å². The number of nitrogens with one attached hydrogen (secondary N) is 1. The van der Waals surface area contributed by atoms with Crippen molar-refractivity contribution in [3.8, 4) is 0 Å². The summed E-state index contributed by atoms with van der Waals surface area (Å²) in [6, 6.07) is 9.55. The molecule has 1 unspecified atom stereocenters. The van der Waals surface area contributed by atoms with Crippen molar-refractivity contribution in [2.45, 2.75) is 12.5 Å². The zero-order valence-electron chi connectivity index (χ0n) is 7.42. The predicted octanol–water partition coefficient (Wildman–Crippen LogP) is 0.914. The van der Waals surface area contributed by atoms with Crippen molar-refractivity contribution in [3.63, 3.8) is 0 Å². The molecule has 0 saturated heterocycles. The van der Waals surface area contributed by atoms with Crippen LogP contribution in [0.5, 0.6) is 0 Å². The molecule has 1 heterocycles. The van der Waals surface area contributed by atoms with Gasteiger partial charge in [0.2, 0.25) is 0 Å². The van der Waals surface area contributed by atoms with E-state index < -0.39 is 6.10 Å². The van der Waals surface area contributed by atoms with E-state index in [0.29, 0.717) is 6.42 Å². The number of hydrogen-bond donors (Lipinski definition) is 1. The van der Waals surface area contributed by atoms with E-state index in [1.807, 2.05) is 30.3 Å². The maximum absolute atomic E-state index is 11.6. The van der Waals surface area contributed by atoms with E-state index in [0.717, 1.165) is 5.56 Å². The van der Waals surface area contributed by atoms with Gasteiger partial charge in [-0.05, 0) is 16.0 Å². The molecule has 0 saturated carbocycles. The molecule has 14 heavy (non-hydrogen) atoms. The molecule has 0 aliphatic rings. The number of H-pyrrole nitrogens is 1. The third-order valence-corrected chi connectivity index (χ3v) is 1.93. The van der Waals surface area contributed by atoms with Crippen LogP contribution in [0.1, 0.15) is 17.5 Å². The van der Waals surface area contributed by atoms with Crippen LogP contribution in [0.2, 0.25) is 0 Å². The van der Waals surface area contributed by atoms with E-state index in [1.54, 1.807) is 0 Å². The highest BCUT2D eigenvalue weighted by atomic mass is 16.3. The lowest BCUT2D eigenvalue weighted by Crippen LogP contribution is -2.02. The molecule has 1 N–H and O–H groups in total. The normalized spacial score (nSPS) is 12.6. The molecule has 2 aromatic rings. The molecular weight excluding hydrogens is 180 g/mol. The first kappa shape index (κ1) is 8.83. The van der Waals surface area contributed by atoms with E-state index >= 15 is 0 Å². The average Bonchev–Trinajstić information content (AvgIpc) is 2.72. The van der Waals surface area contributed by atoms with Gasteiger partial charge in [-0.1, -0.05) is 30.3 Å². The number of nitrogens with zero attached hydrogens (tertiary/aromatic N) is 3. The fourth-order valence-electron chi connectivity index (χ4n) is 1.23. The van der Waals surface area contributed by atoms with Crippen LogP contribution in [0.15, 0.2) is 30.3 Å². The molecule has 1 aromatic heterocycles. The second-order valence-electron chi connectivity index (χ2n) is 2.96. The number of aromatic nitrogens is 4. The van der Waals surface area contributed by atoms with Crippen molar-refractivity contribution in [3.05, 3.63) is 41.7 Å². The lowest BCUT2D eigenvalue weighted by molar-refractivity contribution is 0.0816. The molecular formula is C9H9N4O. The van der Waals surface area contributed by atoms with Gasteiger partial charge in [0.25, 0.3) is 0 Å². The number of benzene rings is 1. The van der Waals surface area contributed by atoms with Gasteiger partial charge in [0.05, 0.1) is 0 Å². The Morgan fingerprint density at radius 1 is 1.29 bits per heavy atom. The molecule has 2 rings (SSSR count). The highest BCUT2D eigenvalue weighted by Crippen LogP contribution is 2.13. The summed E-state index contributed by atoms with van der Waals surface area (Å²) in [7, 11) is 0. The van der Waals surface area contributed by atoms with Gasteiger partial charge in [-0.3, -0.25) is 0 Å². The van der Waals surface area contributed by atoms with Crippen LogP contribution in [0.4, 0.5) is 0 Å². The molecule has 5 nitrogen and oxygen atoms in total. The van der Waals surface area contributed by atoms with Gasteiger partial charge < -0.3 is 0 Å². The number of rotatable bonds is 3. The quantitative estimate of drug-likeness (QED) is 0.779. The highest BCUT2D eigenvalue weighted by molar-refractivity contribution is 5.16. The van der Waals surface area contributed by atoms with Gasteiger partial charge in [-0.15, -0.1) is 5.10 Å². The molecule has 0 bridgehead atoms. The Bertz CT molecular complexity index is 373. The van der Waals surface area contributed by atoms with Crippen molar-refractivity contribution in [2.75, 3.05) is 0 Å². The minimum Gasteiger partial charge on any atom is -0.240 e. The fraction of sp³-hybridized carbons (Fsp3) is 0.222. The highest BCUT2D eigenvalue weighted by Gasteiger charge is 2.13. The van der Waals surface area contributed by atoms with Gasteiger partial charge in [0.15, 0.2) is 11.9 Å². The molecule has 71 valence electrons. The minimum absolute atomic E-state index is 0.286. The molecule has 0 spiro atoms. The molecule has 1 aromatic carbocycles. The first-order chi connectivity index (χ1) is 6.86. The second kappa shape index (κ2) is 3.97. The maximum Gasteiger partial charge on any atom is 0.181 e. The lowest BCUT2D eigenvalue weighted by atomic mass is 10.1. The Morgan fingerprint density at radius 2 is 2.07 bits per heavy atom. The van der Waals surface area contributed by atoms with Crippen molar-refractivity contribution >= 4 is 0 Å². The summed E-state index contributed by atoms with van der Waals surface area (Å²) in [5, 5.41) is 24.4. The minimum atomic E-state index is -0.924. The summed E-state index contributed by atoms with van der Waals surface area (Å²) in [5.74, 6) is 0.286. The summed E-state index contributed by atoms with van der Waals surface area (Å²) in [6.07, 6.45) is -0.523. The lowest BCUT2D eigenvalue weighted by Gasteiger charge is -2.03. The van der Waals surface area contributed by atoms with Crippen molar-refractivity contribution < 1.29 is 5.11 Å². The summed E-state index contributed by atoms with van der Waals surface area (Å²) in [6.45, 7) is 0. The Kier molecular flexibility index (Phi) is 2.51. The Morgan fingerprint density at radius 3 is 2.71 bits per heavy atom. The zero-order valence-corrected chi connectivity index (χ0v) is 7.42. The van der Waals surface area contributed by atoms with E-state index in [-0.39, 0.29) is 5.82 Å². The molecule has 5 heteroatoms. The van der Waals surface area contributed by atoms with Crippen molar-refractivity contribution in [2.24, 2.45) is 0 Å². The maximum atomic E-state index is 11.6. The Balaban J connectivity index is 2.06. The molecule has 0 fully saturated rings. The summed E-state index contributed by atoms with van der Waals surface area (Å²) < 4.78 is 0. The molecule has 0 amide bonds. The van der Waals surface area contributed by atoms with Crippen LogP contribution < -0.4 is 0 Å². The molecule has 1 radical (unpaired) electrons. The van der Waals surface area contributed by atoms with Crippen LogP contribution in [-0.4, -0.2) is 20.6 Å². The fourth-order valence-corrected chi connectivity index (χ4v) is 1.23. The number of tetrazole rings is 1. The molecule has 1 atom stereocenters. The summed E-state index contributed by atoms with van der Waals surface area (Å²) in [4.78, 5) is 0.